The van der Waals surface area contributed by atoms with Crippen molar-refractivity contribution in [2.75, 3.05) is 19.8 Å². The van der Waals surface area contributed by atoms with E-state index in [0.29, 0.717) is 6.07 Å². The number of nitrogens with zero attached hydrogens (tertiary/aromatic N) is 2. The number of nitrogens with one attached hydrogen (secondary N) is 1. The van der Waals surface area contributed by atoms with Crippen molar-refractivity contribution in [1.82, 2.24) is 15.2 Å². The van der Waals surface area contributed by atoms with Crippen LogP contribution < -0.4 is 5.32 Å². The highest BCUT2D eigenvalue weighted by molar-refractivity contribution is 6.30. The molecule has 0 aliphatic carbocycles. The molecule has 1 aromatic heterocycles. The maximum atomic E-state index is 14.6. The fourth-order valence-corrected chi connectivity index (χ4v) is 4.48. The quantitative estimate of drug-likeness (QED) is 0.472. The molecule has 0 bridgehead atoms. The summed E-state index contributed by atoms with van der Waals surface area (Å²) in [5.41, 5.74) is -1.59. The highest BCUT2D eigenvalue weighted by Gasteiger charge is 2.42. The van der Waals surface area contributed by atoms with Crippen LogP contribution in [0.5, 0.6) is 0 Å². The molecular formula is C23H21ClF5N3O3. The molecule has 6 nitrogen and oxygen atoms in total. The maximum Gasteiger partial charge on any atom is 0.433 e. The van der Waals surface area contributed by atoms with Gasteiger partial charge in [-0.05, 0) is 36.6 Å². The molecule has 12 heteroatoms. The maximum absolute atomic E-state index is 14.6. The molecule has 2 aliphatic rings. The van der Waals surface area contributed by atoms with Crippen LogP contribution in [0, 0.1) is 23.5 Å². The van der Waals surface area contributed by atoms with Crippen LogP contribution in [0.2, 0.25) is 5.02 Å². The van der Waals surface area contributed by atoms with Crippen molar-refractivity contribution in [2.24, 2.45) is 11.8 Å². The third-order valence-corrected chi connectivity index (χ3v) is 6.47. The van der Waals surface area contributed by atoms with E-state index >= 15 is 0 Å². The first-order valence-corrected chi connectivity index (χ1v) is 11.2. The van der Waals surface area contributed by atoms with Gasteiger partial charge in [-0.15, -0.1) is 0 Å². The van der Waals surface area contributed by atoms with Gasteiger partial charge in [0.05, 0.1) is 24.3 Å². The van der Waals surface area contributed by atoms with Gasteiger partial charge in [0.25, 0.3) is 5.91 Å². The summed E-state index contributed by atoms with van der Waals surface area (Å²) < 4.78 is 73.0. The molecule has 188 valence electrons. The molecule has 3 heterocycles. The number of halogens is 6. The second kappa shape index (κ2) is 9.69. The number of carbonyl (C=O) groups excluding carboxylic acids is 2. The van der Waals surface area contributed by atoms with Crippen molar-refractivity contribution in [1.29, 1.82) is 0 Å². The van der Waals surface area contributed by atoms with Gasteiger partial charge in [-0.3, -0.25) is 14.6 Å². The predicted octanol–water partition coefficient (Wildman–Crippen LogP) is 4.39. The van der Waals surface area contributed by atoms with Crippen LogP contribution in [-0.4, -0.2) is 47.5 Å². The Bertz CT molecular complexity index is 1140. The average Bonchev–Trinajstić information content (AvgIpc) is 3.15. The van der Waals surface area contributed by atoms with Crippen LogP contribution in [0.25, 0.3) is 0 Å². The normalized spacial score (nSPS) is 21.5. The van der Waals surface area contributed by atoms with Gasteiger partial charge in [0.2, 0.25) is 5.91 Å². The molecular weight excluding hydrogens is 497 g/mol. The van der Waals surface area contributed by atoms with Gasteiger partial charge >= 0.3 is 6.18 Å². The number of aromatic nitrogens is 1. The zero-order valence-electron chi connectivity index (χ0n) is 18.4. The van der Waals surface area contributed by atoms with Gasteiger partial charge < -0.3 is 15.0 Å². The molecule has 2 aromatic rings. The Morgan fingerprint density at radius 1 is 1.20 bits per heavy atom. The Labute approximate surface area is 202 Å². The number of amides is 2. The topological polar surface area (TPSA) is 71.5 Å². The Morgan fingerprint density at radius 3 is 2.54 bits per heavy atom. The third kappa shape index (κ3) is 5.25. The molecule has 2 amide bonds. The van der Waals surface area contributed by atoms with E-state index in [1.54, 1.807) is 6.92 Å². The first-order chi connectivity index (χ1) is 16.5. The smallest absolute Gasteiger partial charge is 0.381 e. The molecule has 35 heavy (non-hydrogen) atoms. The molecule has 2 saturated heterocycles. The fourth-order valence-electron chi connectivity index (χ4n) is 4.33. The van der Waals surface area contributed by atoms with Gasteiger partial charge in [0.15, 0.2) is 0 Å². The SMILES string of the molecule is C[C@@H]1C[C@H](C(=O)N[C@@H](c2cc(F)c(Cl)cc2F)C2COC2)N(C(=O)c2ccnc(C(F)(F)F)c2)C1. The highest BCUT2D eigenvalue weighted by atomic mass is 35.5. The van der Waals surface area contributed by atoms with E-state index in [1.807, 2.05) is 0 Å². The lowest BCUT2D eigenvalue weighted by Gasteiger charge is -2.36. The van der Waals surface area contributed by atoms with Gasteiger partial charge in [-0.25, -0.2) is 8.78 Å². The number of hydrogen-bond donors (Lipinski definition) is 1. The average molecular weight is 518 g/mol. The Morgan fingerprint density at radius 2 is 1.91 bits per heavy atom. The van der Waals surface area contributed by atoms with Crippen molar-refractivity contribution < 1.29 is 36.3 Å². The molecule has 0 saturated carbocycles. The minimum absolute atomic E-state index is 0.110. The van der Waals surface area contributed by atoms with Crippen molar-refractivity contribution in [2.45, 2.75) is 31.6 Å². The number of alkyl halides is 3. The molecule has 0 unspecified atom stereocenters. The van der Waals surface area contributed by atoms with Gasteiger partial charge in [0, 0.05) is 29.8 Å². The number of likely N-dealkylation sites (tertiary alicyclic amines) is 1. The van der Waals surface area contributed by atoms with Crippen LogP contribution in [-0.2, 0) is 15.7 Å². The first-order valence-electron chi connectivity index (χ1n) is 10.8. The summed E-state index contributed by atoms with van der Waals surface area (Å²) in [5.74, 6) is -3.50. The van der Waals surface area contributed by atoms with Crippen LogP contribution in [0.3, 0.4) is 0 Å². The van der Waals surface area contributed by atoms with Crippen molar-refractivity contribution in [3.05, 3.63) is 63.9 Å². The van der Waals surface area contributed by atoms with E-state index in [2.05, 4.69) is 10.3 Å². The lowest BCUT2D eigenvalue weighted by molar-refractivity contribution is -0.141. The van der Waals surface area contributed by atoms with Crippen molar-refractivity contribution >= 4 is 23.4 Å². The molecule has 3 atom stereocenters. The molecule has 0 spiro atoms. The molecule has 0 radical (unpaired) electrons. The zero-order valence-corrected chi connectivity index (χ0v) is 19.2. The fraction of sp³-hybridized carbons (Fsp3) is 0.435. The molecule has 2 fully saturated rings. The first kappa shape index (κ1) is 25.3. The van der Waals surface area contributed by atoms with E-state index in [-0.39, 0.29) is 49.1 Å². The summed E-state index contributed by atoms with van der Waals surface area (Å²) in [6.45, 7) is 2.35. The van der Waals surface area contributed by atoms with Gasteiger partial charge in [-0.1, -0.05) is 18.5 Å². The molecule has 4 rings (SSSR count). The number of benzene rings is 1. The number of hydrogen-bond acceptors (Lipinski definition) is 4. The molecule has 1 N–H and O–H groups in total. The summed E-state index contributed by atoms with van der Waals surface area (Å²) in [7, 11) is 0. The van der Waals surface area contributed by atoms with Gasteiger partial charge in [0.1, 0.15) is 23.4 Å². The minimum Gasteiger partial charge on any atom is -0.381 e. The summed E-state index contributed by atoms with van der Waals surface area (Å²) in [4.78, 5) is 30.8. The number of carbonyl (C=O) groups is 2. The minimum atomic E-state index is -4.73. The zero-order chi connectivity index (χ0) is 25.5. The predicted molar refractivity (Wildman–Crippen MR) is 114 cm³/mol. The third-order valence-electron chi connectivity index (χ3n) is 6.18. The number of pyridine rings is 1. The summed E-state index contributed by atoms with van der Waals surface area (Å²) in [5, 5.41) is 2.30. The molecule has 1 aromatic carbocycles. The number of rotatable bonds is 5. The van der Waals surface area contributed by atoms with Gasteiger partial charge in [-0.2, -0.15) is 13.2 Å². The van der Waals surface area contributed by atoms with Crippen LogP contribution in [0.15, 0.2) is 30.5 Å². The Kier molecular flexibility index (Phi) is 7.01. The second-order valence-corrected chi connectivity index (χ2v) is 9.22. The lowest BCUT2D eigenvalue weighted by Crippen LogP contribution is -2.50. The largest absolute Gasteiger partial charge is 0.433 e. The van der Waals surface area contributed by atoms with E-state index in [9.17, 15) is 31.5 Å². The second-order valence-electron chi connectivity index (χ2n) is 8.81. The van der Waals surface area contributed by atoms with E-state index in [0.717, 1.165) is 24.4 Å². The Balaban J connectivity index is 1.59. The lowest BCUT2D eigenvalue weighted by atomic mass is 9.90. The monoisotopic (exact) mass is 517 g/mol. The Hall–Kier alpha value is -2.79. The van der Waals surface area contributed by atoms with Crippen molar-refractivity contribution in [3.8, 4) is 0 Å². The summed E-state index contributed by atoms with van der Waals surface area (Å²) >= 11 is 5.65. The number of ether oxygens (including phenoxy) is 1. The standard InChI is InChI=1S/C23H21ClF5N3O3/c1-11-4-18(32(8-11)22(34)12-2-3-30-19(5-12)23(27,28)29)21(33)31-20(13-9-35-10-13)14-6-17(26)15(24)7-16(14)25/h2-3,5-7,11,13,18,20H,4,8-10H2,1H3,(H,31,33)/t11-,18-,20-/m1/s1. The van der Waals surface area contributed by atoms with Crippen LogP contribution in [0.4, 0.5) is 22.0 Å². The van der Waals surface area contributed by atoms with Crippen LogP contribution in [0.1, 0.15) is 41.0 Å². The summed E-state index contributed by atoms with van der Waals surface area (Å²) in [6.07, 6.45) is -3.60. The summed E-state index contributed by atoms with van der Waals surface area (Å²) in [6, 6.07) is 1.56. The van der Waals surface area contributed by atoms with E-state index in [4.69, 9.17) is 16.3 Å². The van der Waals surface area contributed by atoms with Crippen LogP contribution >= 0.6 is 11.6 Å². The van der Waals surface area contributed by atoms with Crippen molar-refractivity contribution in [3.63, 3.8) is 0 Å². The van der Waals surface area contributed by atoms with E-state index < -0.39 is 52.4 Å². The highest BCUT2D eigenvalue weighted by Crippen LogP contribution is 2.34. The molecule has 2 aliphatic heterocycles. The van der Waals surface area contributed by atoms with E-state index in [1.165, 1.54) is 4.90 Å².